The molecule has 8 heteroatoms. The number of fused-ring (bicyclic) bond motifs is 1. The molecular weight excluding hydrogens is 500 g/mol. The van der Waals surface area contributed by atoms with Crippen molar-refractivity contribution in [2.45, 2.75) is 19.9 Å². The third kappa shape index (κ3) is 4.18. The summed E-state index contributed by atoms with van der Waals surface area (Å²) in [7, 11) is 0. The minimum Gasteiger partial charge on any atom is -0.463 e. The Kier molecular flexibility index (Phi) is 6.27. The van der Waals surface area contributed by atoms with E-state index in [1.165, 1.54) is 15.9 Å². The van der Waals surface area contributed by atoms with Crippen LogP contribution in [-0.2, 0) is 9.53 Å². The molecule has 0 radical (unpaired) electrons. The average molecular weight is 518 g/mol. The monoisotopic (exact) mass is 516 g/mol. The molecule has 0 N–H and O–H groups in total. The van der Waals surface area contributed by atoms with Gasteiger partial charge in [-0.15, -0.1) is 0 Å². The molecule has 3 aromatic rings. The molecule has 2 aromatic carbocycles. The summed E-state index contributed by atoms with van der Waals surface area (Å²) in [5.74, 6) is -0.505. The van der Waals surface area contributed by atoms with Gasteiger partial charge in [-0.1, -0.05) is 69.2 Å². The Morgan fingerprint density at radius 3 is 2.77 bits per heavy atom. The Labute approximate surface area is 196 Å². The first-order chi connectivity index (χ1) is 14.9. The maximum atomic E-state index is 13.5. The van der Waals surface area contributed by atoms with E-state index in [9.17, 15) is 9.59 Å². The van der Waals surface area contributed by atoms with Crippen LogP contribution in [0, 0.1) is 0 Å². The zero-order valence-electron chi connectivity index (χ0n) is 16.8. The second-order valence-electron chi connectivity index (χ2n) is 6.88. The maximum Gasteiger partial charge on any atom is 0.338 e. The van der Waals surface area contributed by atoms with Gasteiger partial charge in [-0.3, -0.25) is 9.36 Å². The SMILES string of the molecule is CCOC(=O)C1=C(C)N=c2s/c(=C\c3cccc(Br)c3)c(=O)n2[C@@H]1c1ccccc1Cl. The molecular formula is C23H18BrClN2O3S. The van der Waals surface area contributed by atoms with Crippen molar-refractivity contribution in [3.05, 3.63) is 100 Å². The quantitative estimate of drug-likeness (QED) is 0.487. The predicted octanol–water partition coefficient (Wildman–Crippen LogP) is 4.21. The number of halogens is 2. The lowest BCUT2D eigenvalue weighted by atomic mass is 9.96. The van der Waals surface area contributed by atoms with Crippen molar-refractivity contribution >= 4 is 50.9 Å². The first kappa shape index (κ1) is 21.7. The number of esters is 1. The number of ether oxygens (including phenoxy) is 1. The zero-order valence-corrected chi connectivity index (χ0v) is 19.9. The van der Waals surface area contributed by atoms with Crippen LogP contribution in [0.25, 0.3) is 6.08 Å². The summed E-state index contributed by atoms with van der Waals surface area (Å²) in [6.07, 6.45) is 1.82. The van der Waals surface area contributed by atoms with Crippen molar-refractivity contribution in [3.8, 4) is 0 Å². The van der Waals surface area contributed by atoms with Crippen molar-refractivity contribution in [1.29, 1.82) is 0 Å². The van der Waals surface area contributed by atoms with E-state index in [2.05, 4.69) is 20.9 Å². The maximum absolute atomic E-state index is 13.5. The highest BCUT2D eigenvalue weighted by Crippen LogP contribution is 2.34. The fourth-order valence-electron chi connectivity index (χ4n) is 3.53. The Morgan fingerprint density at radius 2 is 2.06 bits per heavy atom. The average Bonchev–Trinajstić information content (AvgIpc) is 3.02. The number of thiazole rings is 1. The number of rotatable bonds is 4. The van der Waals surface area contributed by atoms with Crippen molar-refractivity contribution in [3.63, 3.8) is 0 Å². The summed E-state index contributed by atoms with van der Waals surface area (Å²) in [6.45, 7) is 3.71. The molecule has 0 fully saturated rings. The highest BCUT2D eigenvalue weighted by atomic mass is 79.9. The minimum absolute atomic E-state index is 0.220. The number of benzene rings is 2. The lowest BCUT2D eigenvalue weighted by Crippen LogP contribution is -2.40. The van der Waals surface area contributed by atoms with Gasteiger partial charge in [-0.25, -0.2) is 9.79 Å². The molecule has 0 aliphatic carbocycles. The van der Waals surface area contributed by atoms with Crippen molar-refractivity contribution in [2.24, 2.45) is 4.99 Å². The van der Waals surface area contributed by atoms with Gasteiger partial charge in [0.2, 0.25) is 0 Å². The van der Waals surface area contributed by atoms with Crippen LogP contribution in [0.2, 0.25) is 5.02 Å². The van der Waals surface area contributed by atoms with E-state index >= 15 is 0 Å². The number of hydrogen-bond donors (Lipinski definition) is 0. The van der Waals surface area contributed by atoms with E-state index in [0.717, 1.165) is 10.0 Å². The molecule has 0 saturated carbocycles. The number of allylic oxidation sites excluding steroid dienone is 1. The predicted molar refractivity (Wildman–Crippen MR) is 126 cm³/mol. The highest BCUT2D eigenvalue weighted by Gasteiger charge is 2.34. The third-order valence-corrected chi connectivity index (χ3v) is 6.68. The minimum atomic E-state index is -0.714. The fourth-order valence-corrected chi connectivity index (χ4v) is 5.23. The van der Waals surface area contributed by atoms with Gasteiger partial charge in [0.15, 0.2) is 4.80 Å². The van der Waals surface area contributed by atoms with E-state index < -0.39 is 12.0 Å². The van der Waals surface area contributed by atoms with Crippen LogP contribution in [0.5, 0.6) is 0 Å². The number of carbonyl (C=O) groups excluding carboxylic acids is 1. The van der Waals surface area contributed by atoms with Gasteiger partial charge in [-0.2, -0.15) is 0 Å². The van der Waals surface area contributed by atoms with Gasteiger partial charge in [0.05, 0.1) is 22.4 Å². The fraction of sp³-hybridized carbons (Fsp3) is 0.174. The molecule has 31 heavy (non-hydrogen) atoms. The second-order valence-corrected chi connectivity index (χ2v) is 9.21. The molecule has 1 aromatic heterocycles. The van der Waals surface area contributed by atoms with E-state index in [-0.39, 0.29) is 12.2 Å². The van der Waals surface area contributed by atoms with Crippen LogP contribution in [0.1, 0.15) is 31.0 Å². The van der Waals surface area contributed by atoms with Gasteiger partial charge in [-0.05, 0) is 49.2 Å². The summed E-state index contributed by atoms with van der Waals surface area (Å²) in [5.41, 5.74) is 2.13. The molecule has 0 unspecified atom stereocenters. The van der Waals surface area contributed by atoms with Crippen LogP contribution in [0.3, 0.4) is 0 Å². The third-order valence-electron chi connectivity index (χ3n) is 4.86. The topological polar surface area (TPSA) is 60.7 Å². The van der Waals surface area contributed by atoms with E-state index in [0.29, 0.717) is 31.2 Å². The zero-order chi connectivity index (χ0) is 22.1. The largest absolute Gasteiger partial charge is 0.463 e. The molecule has 4 rings (SSSR count). The summed E-state index contributed by atoms with van der Waals surface area (Å²) >= 11 is 11.2. The summed E-state index contributed by atoms with van der Waals surface area (Å²) < 4.78 is 8.27. The van der Waals surface area contributed by atoms with Crippen molar-refractivity contribution < 1.29 is 9.53 Å². The van der Waals surface area contributed by atoms with E-state index in [4.69, 9.17) is 16.3 Å². The van der Waals surface area contributed by atoms with Crippen LogP contribution < -0.4 is 14.9 Å². The number of carbonyl (C=O) groups is 1. The van der Waals surface area contributed by atoms with Crippen molar-refractivity contribution in [2.75, 3.05) is 6.61 Å². The standard InChI is InChI=1S/C23H18BrClN2O3S/c1-3-30-22(29)19-13(2)26-23-27(20(19)16-9-4-5-10-17(16)25)21(28)18(31-23)12-14-7-6-8-15(24)11-14/h4-12,20H,3H2,1-2H3/b18-12-/t20-/m1/s1. The Hall–Kier alpha value is -2.48. The lowest BCUT2D eigenvalue weighted by Gasteiger charge is -2.25. The molecule has 1 aliphatic rings. The van der Waals surface area contributed by atoms with Crippen LogP contribution in [0.15, 0.2) is 74.1 Å². The summed E-state index contributed by atoms with van der Waals surface area (Å²) in [6, 6.07) is 14.2. The molecule has 0 bridgehead atoms. The van der Waals surface area contributed by atoms with Crippen LogP contribution in [0.4, 0.5) is 0 Å². The summed E-state index contributed by atoms with van der Waals surface area (Å²) in [5, 5.41) is 0.463. The highest BCUT2D eigenvalue weighted by molar-refractivity contribution is 9.10. The molecule has 0 spiro atoms. The van der Waals surface area contributed by atoms with Crippen LogP contribution >= 0.6 is 38.9 Å². The molecule has 1 atom stereocenters. The summed E-state index contributed by atoms with van der Waals surface area (Å²) in [4.78, 5) is 31.4. The number of hydrogen-bond acceptors (Lipinski definition) is 5. The molecule has 0 amide bonds. The second kappa shape index (κ2) is 8.94. The first-order valence-corrected chi connectivity index (χ1v) is 11.6. The van der Waals surface area contributed by atoms with Gasteiger partial charge >= 0.3 is 5.97 Å². The van der Waals surface area contributed by atoms with E-state index in [1.54, 1.807) is 19.9 Å². The molecule has 5 nitrogen and oxygen atoms in total. The van der Waals surface area contributed by atoms with Crippen LogP contribution in [-0.4, -0.2) is 17.1 Å². The van der Waals surface area contributed by atoms with Crippen molar-refractivity contribution in [1.82, 2.24) is 4.57 Å². The Balaban J connectivity index is 1.99. The number of nitrogens with zero attached hydrogens (tertiary/aromatic N) is 2. The number of aromatic nitrogens is 1. The van der Waals surface area contributed by atoms with Gasteiger partial charge in [0.1, 0.15) is 6.04 Å². The van der Waals surface area contributed by atoms with Gasteiger partial charge in [0, 0.05) is 9.50 Å². The smallest absolute Gasteiger partial charge is 0.338 e. The normalized spacial score (nSPS) is 16.1. The van der Waals surface area contributed by atoms with Gasteiger partial charge < -0.3 is 4.74 Å². The molecule has 158 valence electrons. The Bertz CT molecular complexity index is 1390. The molecule has 2 heterocycles. The van der Waals surface area contributed by atoms with E-state index in [1.807, 2.05) is 48.5 Å². The molecule has 1 aliphatic heterocycles. The Morgan fingerprint density at radius 1 is 1.29 bits per heavy atom. The van der Waals surface area contributed by atoms with Gasteiger partial charge in [0.25, 0.3) is 5.56 Å². The molecule has 0 saturated heterocycles. The first-order valence-electron chi connectivity index (χ1n) is 9.60. The lowest BCUT2D eigenvalue weighted by molar-refractivity contribution is -0.139.